The summed E-state index contributed by atoms with van der Waals surface area (Å²) in [6, 6.07) is 6.89. The van der Waals surface area contributed by atoms with Gasteiger partial charge in [0, 0.05) is 24.8 Å². The quantitative estimate of drug-likeness (QED) is 0.883. The summed E-state index contributed by atoms with van der Waals surface area (Å²) in [5.41, 5.74) is 10.1. The van der Waals surface area contributed by atoms with E-state index in [1.165, 1.54) is 42.6 Å². The number of benzene rings is 1. The van der Waals surface area contributed by atoms with Crippen LogP contribution in [0.2, 0.25) is 0 Å². The van der Waals surface area contributed by atoms with E-state index in [1.54, 1.807) is 0 Å². The van der Waals surface area contributed by atoms with Crippen molar-refractivity contribution in [3.8, 4) is 0 Å². The number of hydrogen-bond donors (Lipinski definition) is 1. The molecule has 1 aliphatic heterocycles. The average Bonchev–Trinajstić information content (AvgIpc) is 2.37. The fourth-order valence-corrected chi connectivity index (χ4v) is 2.79. The molecule has 3 heteroatoms. The van der Waals surface area contributed by atoms with Crippen molar-refractivity contribution in [3.05, 3.63) is 29.3 Å². The zero-order chi connectivity index (χ0) is 13.8. The van der Waals surface area contributed by atoms with Gasteiger partial charge in [0.2, 0.25) is 0 Å². The van der Waals surface area contributed by atoms with E-state index in [2.05, 4.69) is 49.0 Å². The van der Waals surface area contributed by atoms with Gasteiger partial charge >= 0.3 is 0 Å². The van der Waals surface area contributed by atoms with Crippen LogP contribution in [-0.2, 0) is 6.42 Å². The fourth-order valence-electron chi connectivity index (χ4n) is 2.79. The minimum atomic E-state index is 0.134. The van der Waals surface area contributed by atoms with Gasteiger partial charge in [-0.2, -0.15) is 0 Å². The van der Waals surface area contributed by atoms with Gasteiger partial charge in [-0.3, -0.25) is 0 Å². The normalized spacial score (nSPS) is 16.6. The first kappa shape index (κ1) is 14.4. The molecule has 0 aromatic heterocycles. The Morgan fingerprint density at radius 1 is 1.37 bits per heavy atom. The second kappa shape index (κ2) is 6.40. The Kier molecular flexibility index (Phi) is 4.83. The van der Waals surface area contributed by atoms with Crippen molar-refractivity contribution in [1.82, 2.24) is 4.90 Å². The topological polar surface area (TPSA) is 32.5 Å². The van der Waals surface area contributed by atoms with Gasteiger partial charge in [-0.1, -0.05) is 12.1 Å². The second-order valence-corrected chi connectivity index (χ2v) is 5.92. The highest BCUT2D eigenvalue weighted by Gasteiger charge is 2.17. The molecule has 0 saturated heterocycles. The molecule has 0 radical (unpaired) electrons. The van der Waals surface area contributed by atoms with Gasteiger partial charge in [0.25, 0.3) is 0 Å². The molecule has 1 atom stereocenters. The van der Waals surface area contributed by atoms with Gasteiger partial charge < -0.3 is 15.5 Å². The number of hydrogen-bond acceptors (Lipinski definition) is 3. The smallest absolute Gasteiger partial charge is 0.0398 e. The van der Waals surface area contributed by atoms with Gasteiger partial charge in [-0.05, 0) is 64.0 Å². The van der Waals surface area contributed by atoms with Crippen LogP contribution >= 0.6 is 0 Å². The summed E-state index contributed by atoms with van der Waals surface area (Å²) in [6.07, 6.45) is 3.68. The van der Waals surface area contributed by atoms with Gasteiger partial charge in [0.1, 0.15) is 0 Å². The van der Waals surface area contributed by atoms with Crippen molar-refractivity contribution in [2.75, 3.05) is 38.6 Å². The van der Waals surface area contributed by atoms with E-state index in [4.69, 9.17) is 5.73 Å². The maximum Gasteiger partial charge on any atom is 0.0398 e. The standard InChI is InChI=1S/C16H27N3/c1-13(17)14-7-8-16-15(12-14)6-4-10-19(16)11-5-9-18(2)3/h7-8,12-13H,4-6,9-11,17H2,1-3H3. The number of anilines is 1. The average molecular weight is 261 g/mol. The van der Waals surface area contributed by atoms with Crippen LogP contribution in [0, 0.1) is 0 Å². The first-order valence-corrected chi connectivity index (χ1v) is 7.36. The lowest BCUT2D eigenvalue weighted by molar-refractivity contribution is 0.399. The van der Waals surface area contributed by atoms with E-state index in [0.717, 1.165) is 13.1 Å². The largest absolute Gasteiger partial charge is 0.371 e. The number of nitrogens with two attached hydrogens (primary N) is 1. The molecular formula is C16H27N3. The third-order valence-corrected chi connectivity index (χ3v) is 3.88. The van der Waals surface area contributed by atoms with E-state index >= 15 is 0 Å². The maximum atomic E-state index is 5.98. The summed E-state index contributed by atoms with van der Waals surface area (Å²) >= 11 is 0. The van der Waals surface area contributed by atoms with E-state index in [-0.39, 0.29) is 6.04 Å². The van der Waals surface area contributed by atoms with Crippen molar-refractivity contribution >= 4 is 5.69 Å². The van der Waals surface area contributed by atoms with Crippen molar-refractivity contribution in [1.29, 1.82) is 0 Å². The first-order chi connectivity index (χ1) is 9.08. The number of rotatable bonds is 5. The zero-order valence-corrected chi connectivity index (χ0v) is 12.5. The summed E-state index contributed by atoms with van der Waals surface area (Å²) in [7, 11) is 4.28. The number of fused-ring (bicyclic) bond motifs is 1. The van der Waals surface area contributed by atoms with Crippen molar-refractivity contribution in [2.45, 2.75) is 32.2 Å². The summed E-state index contributed by atoms with van der Waals surface area (Å²) in [6.45, 7) is 5.56. The molecule has 0 spiro atoms. The van der Waals surface area contributed by atoms with E-state index in [0.29, 0.717) is 0 Å². The van der Waals surface area contributed by atoms with Gasteiger partial charge in [-0.15, -0.1) is 0 Å². The second-order valence-electron chi connectivity index (χ2n) is 5.92. The molecule has 1 unspecified atom stereocenters. The van der Waals surface area contributed by atoms with Crippen LogP contribution < -0.4 is 10.6 Å². The summed E-state index contributed by atoms with van der Waals surface area (Å²) in [5.74, 6) is 0. The van der Waals surface area contributed by atoms with Crippen LogP contribution in [0.3, 0.4) is 0 Å². The molecule has 3 nitrogen and oxygen atoms in total. The molecule has 1 aromatic carbocycles. The molecule has 19 heavy (non-hydrogen) atoms. The highest BCUT2D eigenvalue weighted by atomic mass is 15.1. The Bertz CT molecular complexity index is 412. The molecule has 1 aromatic rings. The Morgan fingerprint density at radius 2 is 2.16 bits per heavy atom. The Balaban J connectivity index is 2.07. The molecule has 0 fully saturated rings. The number of nitrogens with zero attached hydrogens (tertiary/aromatic N) is 2. The summed E-state index contributed by atoms with van der Waals surface area (Å²) < 4.78 is 0. The lowest BCUT2D eigenvalue weighted by Crippen LogP contribution is -2.32. The molecule has 0 bridgehead atoms. The highest BCUT2D eigenvalue weighted by Crippen LogP contribution is 2.29. The lowest BCUT2D eigenvalue weighted by atomic mass is 9.97. The van der Waals surface area contributed by atoms with Crippen molar-refractivity contribution in [3.63, 3.8) is 0 Å². The lowest BCUT2D eigenvalue weighted by Gasteiger charge is -2.32. The molecule has 0 saturated carbocycles. The summed E-state index contributed by atoms with van der Waals surface area (Å²) in [4.78, 5) is 4.79. The summed E-state index contributed by atoms with van der Waals surface area (Å²) in [5, 5.41) is 0. The molecule has 2 N–H and O–H groups in total. The molecule has 106 valence electrons. The third-order valence-electron chi connectivity index (χ3n) is 3.88. The van der Waals surface area contributed by atoms with Gasteiger partial charge in [0.15, 0.2) is 0 Å². The molecular weight excluding hydrogens is 234 g/mol. The predicted molar refractivity (Wildman–Crippen MR) is 82.7 cm³/mol. The van der Waals surface area contributed by atoms with Crippen LogP contribution in [0.25, 0.3) is 0 Å². The van der Waals surface area contributed by atoms with E-state index in [9.17, 15) is 0 Å². The monoisotopic (exact) mass is 261 g/mol. The van der Waals surface area contributed by atoms with Crippen molar-refractivity contribution < 1.29 is 0 Å². The Morgan fingerprint density at radius 3 is 2.84 bits per heavy atom. The molecule has 0 aliphatic carbocycles. The Labute approximate surface area is 117 Å². The van der Waals surface area contributed by atoms with Crippen LogP contribution in [0.4, 0.5) is 5.69 Å². The minimum absolute atomic E-state index is 0.134. The SMILES string of the molecule is CC(N)c1ccc2c(c1)CCCN2CCCN(C)C. The fraction of sp³-hybridized carbons (Fsp3) is 0.625. The van der Waals surface area contributed by atoms with E-state index < -0.39 is 0 Å². The minimum Gasteiger partial charge on any atom is -0.371 e. The van der Waals surface area contributed by atoms with Crippen LogP contribution in [0.15, 0.2) is 18.2 Å². The first-order valence-electron chi connectivity index (χ1n) is 7.36. The van der Waals surface area contributed by atoms with Gasteiger partial charge in [-0.25, -0.2) is 0 Å². The third kappa shape index (κ3) is 3.71. The maximum absolute atomic E-state index is 5.98. The molecule has 2 rings (SSSR count). The van der Waals surface area contributed by atoms with Crippen LogP contribution in [0.1, 0.15) is 36.9 Å². The van der Waals surface area contributed by atoms with Gasteiger partial charge in [0.05, 0.1) is 0 Å². The van der Waals surface area contributed by atoms with Crippen LogP contribution in [-0.4, -0.2) is 38.6 Å². The molecule has 0 amide bonds. The van der Waals surface area contributed by atoms with Crippen molar-refractivity contribution in [2.24, 2.45) is 5.73 Å². The Hall–Kier alpha value is -1.06. The molecule has 1 heterocycles. The predicted octanol–water partition coefficient (Wildman–Crippen LogP) is 2.41. The highest BCUT2D eigenvalue weighted by molar-refractivity contribution is 5.57. The van der Waals surface area contributed by atoms with Crippen LogP contribution in [0.5, 0.6) is 0 Å². The van der Waals surface area contributed by atoms with E-state index in [1.807, 2.05) is 0 Å². The zero-order valence-electron chi connectivity index (χ0n) is 12.5. The molecule has 1 aliphatic rings. The number of aryl methyl sites for hydroxylation is 1.